The highest BCUT2D eigenvalue weighted by atomic mass is 16.3. The molecule has 1 saturated heterocycles. The first-order valence-corrected chi connectivity index (χ1v) is 19.2. The quantitative estimate of drug-likeness (QED) is 0.201. The third-order valence-electron chi connectivity index (χ3n) is 10.2. The number of nitrogens with one attached hydrogen (secondary N) is 6. The second kappa shape index (κ2) is 19.4. The molecule has 56 heavy (non-hydrogen) atoms. The van der Waals surface area contributed by atoms with Gasteiger partial charge in [-0.2, -0.15) is 0 Å². The van der Waals surface area contributed by atoms with Crippen LogP contribution in [0.5, 0.6) is 5.75 Å². The second-order valence-electron chi connectivity index (χ2n) is 15.1. The van der Waals surface area contributed by atoms with Gasteiger partial charge in [0.2, 0.25) is 35.4 Å². The van der Waals surface area contributed by atoms with Gasteiger partial charge in [-0.1, -0.05) is 58.4 Å². The Morgan fingerprint density at radius 1 is 0.750 bits per heavy atom. The molecule has 2 heterocycles. The van der Waals surface area contributed by atoms with Crippen molar-refractivity contribution in [2.24, 2.45) is 11.8 Å². The summed E-state index contributed by atoms with van der Waals surface area (Å²) in [5, 5.41) is 36.5. The molecule has 0 unspecified atom stereocenters. The van der Waals surface area contributed by atoms with E-state index in [1.54, 1.807) is 37.3 Å². The number of hydrogen-bond acceptors (Lipinski definition) is 9. The molecule has 0 spiro atoms. The molecular weight excluding hydrogens is 722 g/mol. The van der Waals surface area contributed by atoms with E-state index in [9.17, 15) is 43.8 Å². The molecule has 8 atom stereocenters. The first-order chi connectivity index (χ1) is 26.5. The Morgan fingerprint density at radius 2 is 1.39 bits per heavy atom. The molecule has 0 radical (unpaired) electrons. The number of para-hydroxylation sites is 1. The van der Waals surface area contributed by atoms with E-state index in [2.05, 4.69) is 31.9 Å². The number of rotatable bonds is 7. The third kappa shape index (κ3) is 11.0. The molecule has 0 saturated carbocycles. The minimum Gasteiger partial charge on any atom is -0.508 e. The molecule has 2 aliphatic rings. The van der Waals surface area contributed by atoms with Gasteiger partial charge in [0.15, 0.2) is 0 Å². The van der Waals surface area contributed by atoms with Crippen molar-refractivity contribution in [1.82, 2.24) is 31.5 Å². The molecule has 16 heteroatoms. The van der Waals surface area contributed by atoms with Gasteiger partial charge in [0, 0.05) is 13.0 Å². The molecule has 0 bridgehead atoms. The number of carbonyl (C=O) groups is 7. The topological polar surface area (TPSA) is 235 Å². The molecule has 0 aromatic heterocycles. The van der Waals surface area contributed by atoms with Crippen LogP contribution in [0.15, 0.2) is 48.5 Å². The summed E-state index contributed by atoms with van der Waals surface area (Å²) in [7, 11) is 0. The third-order valence-corrected chi connectivity index (χ3v) is 10.2. The van der Waals surface area contributed by atoms with Crippen LogP contribution in [0, 0.1) is 11.8 Å². The first kappa shape index (κ1) is 43.2. The van der Waals surface area contributed by atoms with Crippen molar-refractivity contribution in [3.8, 4) is 5.75 Å². The van der Waals surface area contributed by atoms with Gasteiger partial charge in [-0.3, -0.25) is 33.6 Å². The van der Waals surface area contributed by atoms with Crippen molar-refractivity contribution in [1.29, 1.82) is 0 Å². The fourth-order valence-corrected chi connectivity index (χ4v) is 6.79. The smallest absolute Gasteiger partial charge is 0.254 e. The van der Waals surface area contributed by atoms with Crippen LogP contribution in [0.3, 0.4) is 0 Å². The van der Waals surface area contributed by atoms with Gasteiger partial charge in [0.25, 0.3) is 5.91 Å². The summed E-state index contributed by atoms with van der Waals surface area (Å²) in [5.41, 5.74) is 0.751. The van der Waals surface area contributed by atoms with E-state index in [-0.39, 0.29) is 42.3 Å². The summed E-state index contributed by atoms with van der Waals surface area (Å²) in [6.45, 7) is 10.3. The second-order valence-corrected chi connectivity index (χ2v) is 15.1. The number of amides is 7. The van der Waals surface area contributed by atoms with Crippen LogP contribution < -0.4 is 31.9 Å². The number of phenols is 1. The fourth-order valence-electron chi connectivity index (χ4n) is 6.79. The summed E-state index contributed by atoms with van der Waals surface area (Å²) < 4.78 is 0. The minimum absolute atomic E-state index is 0.0229. The van der Waals surface area contributed by atoms with E-state index < -0.39 is 89.6 Å². The van der Waals surface area contributed by atoms with Gasteiger partial charge in [-0.25, -0.2) is 0 Å². The molecular formula is C40H55N7O9. The number of phenolic OH excluding ortho intramolecular Hbond substituents is 1. The summed E-state index contributed by atoms with van der Waals surface area (Å²) in [6.07, 6.45) is -0.0151. The maximum absolute atomic E-state index is 14.1. The molecule has 8 N–H and O–H groups in total. The number of aromatic hydroxyl groups is 1. The predicted molar refractivity (Wildman–Crippen MR) is 207 cm³/mol. The number of aliphatic hydroxyl groups excluding tert-OH is 1. The Kier molecular flexibility index (Phi) is 15.0. The van der Waals surface area contributed by atoms with Crippen molar-refractivity contribution < 1.29 is 43.8 Å². The number of aliphatic hydroxyl groups is 1. The zero-order chi connectivity index (χ0) is 41.3. The molecule has 2 aromatic carbocycles. The van der Waals surface area contributed by atoms with Crippen LogP contribution in [0.1, 0.15) is 83.1 Å². The van der Waals surface area contributed by atoms with E-state index in [0.29, 0.717) is 24.8 Å². The summed E-state index contributed by atoms with van der Waals surface area (Å²) in [4.78, 5) is 98.2. The molecule has 4 rings (SSSR count). The van der Waals surface area contributed by atoms with Gasteiger partial charge >= 0.3 is 0 Å². The molecule has 304 valence electrons. The summed E-state index contributed by atoms with van der Waals surface area (Å²) >= 11 is 0. The highest BCUT2D eigenvalue weighted by Crippen LogP contribution is 2.24. The zero-order valence-electron chi connectivity index (χ0n) is 32.8. The number of nitrogens with zero attached hydrogens (tertiary/aromatic N) is 1. The monoisotopic (exact) mass is 777 g/mol. The van der Waals surface area contributed by atoms with Crippen molar-refractivity contribution in [2.75, 3.05) is 11.9 Å². The van der Waals surface area contributed by atoms with Crippen molar-refractivity contribution >= 4 is 47.0 Å². The molecule has 1 fully saturated rings. The van der Waals surface area contributed by atoms with Crippen LogP contribution >= 0.6 is 0 Å². The van der Waals surface area contributed by atoms with Gasteiger partial charge in [-0.05, 0) is 74.8 Å². The normalized spacial score (nSPS) is 25.9. The Balaban J connectivity index is 1.77. The standard InChI is InChI=1S/C40H55N7O9/c1-7-22(4)32-38(54)43-29(20-25-14-16-26(49)17-15-25)36(52)46-33(24(6)48)39(55)41-23(5)34(50)44-30(19-21(2)3)40(56)47-18-10-13-31(47)37(53)42-28-12-9-8-11-27(28)35(51)45-32/h8-9,11-12,14-17,21-24,29-33,48-49H,7,10,13,18-20H2,1-6H3,(H,41,55)(H,42,53)(H,43,54)(H,44,50)(H,45,51)(H,46,52)/t22-,23+,24-,29-,30-,31+,32-,33+/m1/s1. The average molecular weight is 778 g/mol. The van der Waals surface area contributed by atoms with E-state index in [1.807, 2.05) is 20.8 Å². The van der Waals surface area contributed by atoms with Crippen molar-refractivity contribution in [3.63, 3.8) is 0 Å². The van der Waals surface area contributed by atoms with E-state index in [1.165, 1.54) is 36.9 Å². The SMILES string of the molecule is CC[C@@H](C)[C@H]1NC(=O)c2ccccc2NC(=O)[C@@H]2CCCN2C(=O)[C@@H](CC(C)C)NC(=O)[C@H](C)NC(=O)[C@H]([C@@H](C)O)NC(=O)[C@@H](Cc2ccc(O)cc2)NC1=O. The van der Waals surface area contributed by atoms with Crippen molar-refractivity contribution in [2.45, 2.75) is 116 Å². The lowest BCUT2D eigenvalue weighted by Crippen LogP contribution is -2.61. The lowest BCUT2D eigenvalue weighted by Gasteiger charge is -2.31. The number of benzene rings is 2. The maximum Gasteiger partial charge on any atom is 0.254 e. The zero-order valence-corrected chi connectivity index (χ0v) is 32.8. The minimum atomic E-state index is -1.58. The number of fused-ring (bicyclic) bond motifs is 2. The summed E-state index contributed by atoms with van der Waals surface area (Å²) in [5.74, 6) is -5.37. The number of hydrogen-bond donors (Lipinski definition) is 8. The van der Waals surface area contributed by atoms with Crippen LogP contribution in [0.4, 0.5) is 5.69 Å². The molecule has 0 aliphatic carbocycles. The van der Waals surface area contributed by atoms with E-state index in [4.69, 9.17) is 0 Å². The van der Waals surface area contributed by atoms with Crippen LogP contribution in [0.2, 0.25) is 0 Å². The predicted octanol–water partition coefficient (Wildman–Crippen LogP) is 1.11. The highest BCUT2D eigenvalue weighted by molar-refractivity contribution is 6.07. The number of carbonyl (C=O) groups excluding carboxylic acids is 7. The highest BCUT2D eigenvalue weighted by Gasteiger charge is 2.40. The Bertz CT molecular complexity index is 1770. The van der Waals surface area contributed by atoms with Crippen molar-refractivity contribution in [3.05, 3.63) is 59.7 Å². The van der Waals surface area contributed by atoms with E-state index in [0.717, 1.165) is 0 Å². The molecule has 7 amide bonds. The Hall–Kier alpha value is -5.51. The fraction of sp³-hybridized carbons (Fsp3) is 0.525. The summed E-state index contributed by atoms with van der Waals surface area (Å²) in [6, 6.07) is 4.94. The number of anilines is 1. The van der Waals surface area contributed by atoms with Gasteiger partial charge in [0.1, 0.15) is 42.0 Å². The Morgan fingerprint density at radius 3 is 2.04 bits per heavy atom. The van der Waals surface area contributed by atoms with E-state index >= 15 is 0 Å². The first-order valence-electron chi connectivity index (χ1n) is 19.2. The molecule has 2 aromatic rings. The Labute approximate surface area is 326 Å². The molecule has 16 nitrogen and oxygen atoms in total. The molecule has 2 aliphatic heterocycles. The van der Waals surface area contributed by atoms with Gasteiger partial charge in [0.05, 0.1) is 17.4 Å². The lowest BCUT2D eigenvalue weighted by molar-refractivity contribution is -0.141. The van der Waals surface area contributed by atoms with Gasteiger partial charge < -0.3 is 47.0 Å². The average Bonchev–Trinajstić information content (AvgIpc) is 3.65. The largest absolute Gasteiger partial charge is 0.508 e. The maximum atomic E-state index is 14.1. The van der Waals surface area contributed by atoms with Crippen LogP contribution in [-0.4, -0.2) is 105 Å². The lowest BCUT2D eigenvalue weighted by atomic mass is 9.96. The van der Waals surface area contributed by atoms with Crippen LogP contribution in [-0.2, 0) is 35.2 Å². The van der Waals surface area contributed by atoms with Crippen LogP contribution in [0.25, 0.3) is 0 Å². The van der Waals surface area contributed by atoms with Gasteiger partial charge in [-0.15, -0.1) is 0 Å².